The van der Waals surface area contributed by atoms with Gasteiger partial charge >= 0.3 is 0 Å². The topological polar surface area (TPSA) is 55.7 Å². The number of rotatable bonds is 0. The lowest BCUT2D eigenvalue weighted by molar-refractivity contribution is -0.203. The summed E-state index contributed by atoms with van der Waals surface area (Å²) in [6, 6.07) is 0. The van der Waals surface area contributed by atoms with Crippen LogP contribution in [0.15, 0.2) is 0 Å². The third-order valence-corrected chi connectivity index (χ3v) is 1.19. The summed E-state index contributed by atoms with van der Waals surface area (Å²) in [4.78, 5) is 0. The van der Waals surface area contributed by atoms with Gasteiger partial charge in [-0.05, 0) is 0 Å². The molecule has 3 N–H and O–H groups in total. The largest absolute Gasteiger partial charge is 0.375 e. The zero-order chi connectivity index (χ0) is 5.98. The van der Waals surface area contributed by atoms with Gasteiger partial charge in [0.15, 0.2) is 0 Å². The molecule has 0 amide bonds. The number of aliphatic hydroxyl groups excluding tert-OH is 1. The molecule has 0 radical (unpaired) electrons. The summed E-state index contributed by atoms with van der Waals surface area (Å²) in [7, 11) is 0. The normalized spacial score (nSPS) is 33.0. The number of nitrogens with zero attached hydrogens (tertiary/aromatic N) is 1. The second-order valence-electron chi connectivity index (χ2n) is 1.85. The van der Waals surface area contributed by atoms with Crippen molar-refractivity contribution in [1.82, 2.24) is 10.4 Å². The summed E-state index contributed by atoms with van der Waals surface area (Å²) >= 11 is 0. The van der Waals surface area contributed by atoms with E-state index in [1.165, 1.54) is 0 Å². The van der Waals surface area contributed by atoms with Crippen LogP contribution in [0, 0.1) is 0 Å². The second-order valence-corrected chi connectivity index (χ2v) is 1.85. The predicted molar refractivity (Wildman–Crippen MR) is 27.4 cm³/mol. The summed E-state index contributed by atoms with van der Waals surface area (Å²) in [6.07, 6.45) is -0.719. The zero-order valence-electron chi connectivity index (χ0n) is 4.54. The molecule has 4 heteroatoms. The third kappa shape index (κ3) is 1.16. The smallest absolute Gasteiger partial charge is 0.142 e. The predicted octanol–water partition coefficient (Wildman–Crippen LogP) is -1.40. The van der Waals surface area contributed by atoms with E-state index in [2.05, 4.69) is 5.32 Å². The Labute approximate surface area is 47.7 Å². The Bertz CT molecular complexity index is 68.4. The van der Waals surface area contributed by atoms with Crippen LogP contribution in [0.4, 0.5) is 0 Å². The molecular weight excluding hydrogens is 108 g/mol. The Kier molecular flexibility index (Phi) is 1.80. The first-order chi connectivity index (χ1) is 3.80. The van der Waals surface area contributed by atoms with Gasteiger partial charge in [-0.3, -0.25) is 0 Å². The fourth-order valence-electron chi connectivity index (χ4n) is 0.679. The maximum Gasteiger partial charge on any atom is 0.142 e. The van der Waals surface area contributed by atoms with Gasteiger partial charge in [0, 0.05) is 19.6 Å². The standard InChI is InChI=1S/C4H10N2O2/c7-4-3-5-1-2-6(4)8/h4-5,7-8H,1-3H2. The quantitative estimate of drug-likeness (QED) is 0.366. The molecule has 1 atom stereocenters. The summed E-state index contributed by atoms with van der Waals surface area (Å²) in [5.74, 6) is 0. The highest BCUT2D eigenvalue weighted by molar-refractivity contribution is 4.63. The molecule has 0 aliphatic carbocycles. The Morgan fingerprint density at radius 1 is 1.62 bits per heavy atom. The van der Waals surface area contributed by atoms with Gasteiger partial charge in [-0.2, -0.15) is 5.06 Å². The fourth-order valence-corrected chi connectivity index (χ4v) is 0.679. The van der Waals surface area contributed by atoms with Gasteiger partial charge in [0.05, 0.1) is 0 Å². The Hall–Kier alpha value is -0.160. The molecule has 1 rings (SSSR count). The molecule has 0 aromatic heterocycles. The van der Waals surface area contributed by atoms with Crippen molar-refractivity contribution in [3.05, 3.63) is 0 Å². The van der Waals surface area contributed by atoms with Crippen LogP contribution in [0.2, 0.25) is 0 Å². The molecule has 1 aliphatic heterocycles. The molecular formula is C4H10N2O2. The number of aliphatic hydroxyl groups is 1. The number of piperazine rings is 1. The lowest BCUT2D eigenvalue weighted by Gasteiger charge is -2.26. The molecule has 4 nitrogen and oxygen atoms in total. The van der Waals surface area contributed by atoms with E-state index in [1.807, 2.05) is 0 Å². The first-order valence-electron chi connectivity index (χ1n) is 2.65. The van der Waals surface area contributed by atoms with Crippen molar-refractivity contribution in [2.45, 2.75) is 6.23 Å². The van der Waals surface area contributed by atoms with Crippen LogP contribution >= 0.6 is 0 Å². The van der Waals surface area contributed by atoms with Crippen LogP contribution in [-0.2, 0) is 0 Å². The maximum absolute atomic E-state index is 8.79. The Balaban J connectivity index is 2.28. The van der Waals surface area contributed by atoms with E-state index in [-0.39, 0.29) is 0 Å². The van der Waals surface area contributed by atoms with E-state index in [0.29, 0.717) is 13.1 Å². The van der Waals surface area contributed by atoms with Crippen LogP contribution in [0.25, 0.3) is 0 Å². The highest BCUT2D eigenvalue weighted by Gasteiger charge is 2.15. The molecule has 1 unspecified atom stereocenters. The van der Waals surface area contributed by atoms with Gasteiger partial charge in [0.1, 0.15) is 6.23 Å². The number of β-amino-alcohol motifs (C(OH)–C–C–N with tert-alkyl or cyclic N) is 1. The van der Waals surface area contributed by atoms with Gasteiger partial charge in [-0.15, -0.1) is 0 Å². The van der Waals surface area contributed by atoms with Crippen LogP contribution in [0.1, 0.15) is 0 Å². The second kappa shape index (κ2) is 2.41. The lowest BCUT2D eigenvalue weighted by atomic mass is 10.4. The van der Waals surface area contributed by atoms with E-state index in [9.17, 15) is 0 Å². The summed E-state index contributed by atoms with van der Waals surface area (Å²) in [5, 5.41) is 21.4. The number of hydrogen-bond acceptors (Lipinski definition) is 4. The van der Waals surface area contributed by atoms with Crippen molar-refractivity contribution >= 4 is 0 Å². The van der Waals surface area contributed by atoms with Gasteiger partial charge < -0.3 is 15.6 Å². The minimum Gasteiger partial charge on any atom is -0.375 e. The van der Waals surface area contributed by atoms with Gasteiger partial charge in [-0.25, -0.2) is 0 Å². The van der Waals surface area contributed by atoms with Crippen LogP contribution in [0.3, 0.4) is 0 Å². The molecule has 1 saturated heterocycles. The number of nitrogens with one attached hydrogen (secondary N) is 1. The molecule has 0 aromatic carbocycles. The Morgan fingerprint density at radius 2 is 2.38 bits per heavy atom. The molecule has 1 fully saturated rings. The highest BCUT2D eigenvalue weighted by Crippen LogP contribution is 1.92. The van der Waals surface area contributed by atoms with Crippen molar-refractivity contribution < 1.29 is 10.3 Å². The molecule has 48 valence electrons. The van der Waals surface area contributed by atoms with E-state index in [4.69, 9.17) is 10.3 Å². The van der Waals surface area contributed by atoms with Gasteiger partial charge in [-0.1, -0.05) is 0 Å². The maximum atomic E-state index is 8.79. The van der Waals surface area contributed by atoms with Crippen molar-refractivity contribution in [3.8, 4) is 0 Å². The molecule has 0 bridgehead atoms. The van der Waals surface area contributed by atoms with E-state index in [1.54, 1.807) is 0 Å². The van der Waals surface area contributed by atoms with Crippen molar-refractivity contribution in [2.24, 2.45) is 0 Å². The van der Waals surface area contributed by atoms with Gasteiger partial charge in [0.2, 0.25) is 0 Å². The van der Waals surface area contributed by atoms with E-state index < -0.39 is 6.23 Å². The monoisotopic (exact) mass is 118 g/mol. The average Bonchev–Trinajstić information content (AvgIpc) is 1.77. The Morgan fingerprint density at radius 3 is 2.75 bits per heavy atom. The average molecular weight is 118 g/mol. The minimum atomic E-state index is -0.719. The number of hydroxylamine groups is 2. The first kappa shape index (κ1) is 5.97. The van der Waals surface area contributed by atoms with E-state index in [0.717, 1.165) is 11.6 Å². The van der Waals surface area contributed by atoms with Crippen LogP contribution in [0.5, 0.6) is 0 Å². The van der Waals surface area contributed by atoms with E-state index >= 15 is 0 Å². The summed E-state index contributed by atoms with van der Waals surface area (Å²) in [5.41, 5.74) is 0. The third-order valence-electron chi connectivity index (χ3n) is 1.19. The molecule has 1 heterocycles. The fraction of sp³-hybridized carbons (Fsp3) is 1.00. The molecule has 1 aliphatic rings. The minimum absolute atomic E-state index is 0.455. The molecule has 0 spiro atoms. The first-order valence-corrected chi connectivity index (χ1v) is 2.65. The summed E-state index contributed by atoms with van der Waals surface area (Å²) in [6.45, 7) is 1.70. The van der Waals surface area contributed by atoms with Crippen molar-refractivity contribution in [2.75, 3.05) is 19.6 Å². The molecule has 0 aromatic rings. The zero-order valence-corrected chi connectivity index (χ0v) is 4.54. The number of hydrogen-bond donors (Lipinski definition) is 3. The van der Waals surface area contributed by atoms with Crippen molar-refractivity contribution in [1.29, 1.82) is 0 Å². The SMILES string of the molecule is OC1CNCCN1O. The lowest BCUT2D eigenvalue weighted by Crippen LogP contribution is -2.49. The molecule has 8 heavy (non-hydrogen) atoms. The van der Waals surface area contributed by atoms with Crippen LogP contribution in [-0.4, -0.2) is 41.2 Å². The van der Waals surface area contributed by atoms with Crippen molar-refractivity contribution in [3.63, 3.8) is 0 Å². The molecule has 0 saturated carbocycles. The summed E-state index contributed by atoms with van der Waals surface area (Å²) < 4.78 is 0. The van der Waals surface area contributed by atoms with Crippen LogP contribution < -0.4 is 5.32 Å². The highest BCUT2D eigenvalue weighted by atomic mass is 16.5. The van der Waals surface area contributed by atoms with Gasteiger partial charge in [0.25, 0.3) is 0 Å².